The molecule has 0 unspecified atom stereocenters. The fourth-order valence-electron chi connectivity index (χ4n) is 2.70. The Labute approximate surface area is 166 Å². The molecule has 0 radical (unpaired) electrons. The molecule has 28 heavy (non-hydrogen) atoms. The number of halogens is 1. The highest BCUT2D eigenvalue weighted by atomic mass is 35.5. The molecule has 3 rings (SSSR count). The number of hydrogen-bond donors (Lipinski definition) is 2. The number of aromatic nitrogens is 2. The topological polar surface area (TPSA) is 106 Å². The van der Waals surface area contributed by atoms with E-state index in [0.29, 0.717) is 42.7 Å². The molecule has 2 heterocycles. The molecule has 0 atom stereocenters. The molecule has 1 fully saturated rings. The maximum atomic E-state index is 12.4. The Kier molecular flexibility index (Phi) is 6.27. The predicted molar refractivity (Wildman–Crippen MR) is 102 cm³/mol. The molecular formula is C18H20ClN5O4. The van der Waals surface area contributed by atoms with Crippen molar-refractivity contribution in [2.24, 2.45) is 7.05 Å². The van der Waals surface area contributed by atoms with Crippen molar-refractivity contribution in [1.29, 1.82) is 0 Å². The molecule has 148 valence electrons. The number of carbonyl (C=O) groups excluding carboxylic acids is 3. The first-order valence-corrected chi connectivity index (χ1v) is 9.07. The van der Waals surface area contributed by atoms with Crippen molar-refractivity contribution in [3.8, 4) is 0 Å². The minimum atomic E-state index is -0.504. The zero-order valence-electron chi connectivity index (χ0n) is 15.3. The van der Waals surface area contributed by atoms with Crippen molar-refractivity contribution < 1.29 is 19.1 Å². The van der Waals surface area contributed by atoms with E-state index in [9.17, 15) is 14.4 Å². The average molecular weight is 406 g/mol. The van der Waals surface area contributed by atoms with E-state index in [4.69, 9.17) is 16.3 Å². The summed E-state index contributed by atoms with van der Waals surface area (Å²) in [5.74, 6) is -0.770. The van der Waals surface area contributed by atoms with Crippen LogP contribution in [0.5, 0.6) is 0 Å². The largest absolute Gasteiger partial charge is 0.378 e. The van der Waals surface area contributed by atoms with Gasteiger partial charge in [-0.05, 0) is 12.1 Å². The number of nitrogens with zero attached hydrogens (tertiary/aromatic N) is 3. The predicted octanol–water partition coefficient (Wildman–Crippen LogP) is 0.914. The molecule has 2 N–H and O–H groups in total. The van der Waals surface area contributed by atoms with Gasteiger partial charge in [0, 0.05) is 26.2 Å². The molecule has 1 aliphatic rings. The summed E-state index contributed by atoms with van der Waals surface area (Å²) >= 11 is 6.02. The first-order chi connectivity index (χ1) is 13.5. The normalized spacial score (nSPS) is 13.9. The van der Waals surface area contributed by atoms with Crippen molar-refractivity contribution in [3.63, 3.8) is 0 Å². The second-order valence-corrected chi connectivity index (χ2v) is 6.56. The minimum absolute atomic E-state index is 0.0896. The number of morpholine rings is 1. The van der Waals surface area contributed by atoms with Gasteiger partial charge < -0.3 is 20.3 Å². The zero-order valence-corrected chi connectivity index (χ0v) is 16.0. The van der Waals surface area contributed by atoms with Crippen LogP contribution < -0.4 is 10.6 Å². The molecule has 9 nitrogen and oxygen atoms in total. The molecule has 10 heteroatoms. The summed E-state index contributed by atoms with van der Waals surface area (Å²) in [5.41, 5.74) is 0.402. The molecule has 0 spiro atoms. The number of amides is 3. The molecule has 3 amide bonds. The highest BCUT2D eigenvalue weighted by Gasteiger charge is 2.20. The Hall–Kier alpha value is -2.91. The number of nitrogens with one attached hydrogen (secondary N) is 2. The third-order valence-electron chi connectivity index (χ3n) is 4.24. The fourth-order valence-corrected chi connectivity index (χ4v) is 2.92. The Balaban J connectivity index is 1.59. The average Bonchev–Trinajstić information content (AvgIpc) is 3.07. The molecule has 0 saturated carbocycles. The number of rotatable bonds is 5. The highest BCUT2D eigenvalue weighted by molar-refractivity contribution is 6.34. The first-order valence-electron chi connectivity index (χ1n) is 8.69. The van der Waals surface area contributed by atoms with Crippen LogP contribution in [0, 0.1) is 0 Å². The van der Waals surface area contributed by atoms with Crippen molar-refractivity contribution in [3.05, 3.63) is 46.6 Å². The van der Waals surface area contributed by atoms with Gasteiger partial charge in [0.1, 0.15) is 5.82 Å². The Morgan fingerprint density at radius 3 is 2.61 bits per heavy atom. The van der Waals surface area contributed by atoms with Crippen molar-refractivity contribution >= 4 is 35.1 Å². The summed E-state index contributed by atoms with van der Waals surface area (Å²) < 4.78 is 6.56. The van der Waals surface area contributed by atoms with E-state index >= 15 is 0 Å². The number of hydrogen-bond acceptors (Lipinski definition) is 5. The van der Waals surface area contributed by atoms with E-state index in [-0.39, 0.29) is 18.1 Å². The van der Waals surface area contributed by atoms with Crippen LogP contribution in [0.15, 0.2) is 30.3 Å². The lowest BCUT2D eigenvalue weighted by Crippen LogP contribution is -2.45. The van der Waals surface area contributed by atoms with Crippen LogP contribution in [0.25, 0.3) is 0 Å². The Morgan fingerprint density at radius 2 is 1.89 bits per heavy atom. The van der Waals surface area contributed by atoms with Gasteiger partial charge in [0.05, 0.1) is 30.3 Å². The standard InChI is InChI=1S/C18H20ClN5O4/c1-23-15(21-17(26)12-4-2-3-5-13(12)19)10-14(22-23)18(27)20-11-16(25)24-6-8-28-9-7-24/h2-5,10H,6-9,11H2,1H3,(H,20,27)(H,21,26). The lowest BCUT2D eigenvalue weighted by Gasteiger charge is -2.26. The molecular weight excluding hydrogens is 386 g/mol. The van der Waals surface area contributed by atoms with Crippen LogP contribution in [0.1, 0.15) is 20.8 Å². The van der Waals surface area contributed by atoms with Crippen LogP contribution in [0.4, 0.5) is 5.82 Å². The minimum Gasteiger partial charge on any atom is -0.378 e. The number of anilines is 1. The van der Waals surface area contributed by atoms with Gasteiger partial charge in [-0.15, -0.1) is 0 Å². The number of ether oxygens (including phenoxy) is 1. The second-order valence-electron chi connectivity index (χ2n) is 6.15. The van der Waals surface area contributed by atoms with Crippen LogP contribution in [0.2, 0.25) is 5.02 Å². The molecule has 1 aromatic heterocycles. The second kappa shape index (κ2) is 8.85. The van der Waals surface area contributed by atoms with Gasteiger partial charge in [-0.2, -0.15) is 5.10 Å². The van der Waals surface area contributed by atoms with Crippen LogP contribution >= 0.6 is 11.6 Å². The van der Waals surface area contributed by atoms with Crippen LogP contribution in [-0.4, -0.2) is 65.2 Å². The lowest BCUT2D eigenvalue weighted by atomic mass is 10.2. The summed E-state index contributed by atoms with van der Waals surface area (Å²) in [4.78, 5) is 38.4. The maximum absolute atomic E-state index is 12.4. The SMILES string of the molecule is Cn1nc(C(=O)NCC(=O)N2CCOCC2)cc1NC(=O)c1ccccc1Cl. The number of aryl methyl sites for hydroxylation is 1. The molecule has 1 saturated heterocycles. The summed E-state index contributed by atoms with van der Waals surface area (Å²) in [6, 6.07) is 8.07. The van der Waals surface area contributed by atoms with E-state index in [0.717, 1.165) is 0 Å². The Bertz CT molecular complexity index is 892. The number of benzene rings is 1. The van der Waals surface area contributed by atoms with Gasteiger partial charge >= 0.3 is 0 Å². The summed E-state index contributed by atoms with van der Waals surface area (Å²) in [6.07, 6.45) is 0. The van der Waals surface area contributed by atoms with E-state index in [1.54, 1.807) is 36.2 Å². The third kappa shape index (κ3) is 4.68. The van der Waals surface area contributed by atoms with Gasteiger partial charge in [-0.3, -0.25) is 19.1 Å². The Morgan fingerprint density at radius 1 is 1.18 bits per heavy atom. The van der Waals surface area contributed by atoms with Crippen LogP contribution in [-0.2, 0) is 16.6 Å². The fraction of sp³-hybridized carbons (Fsp3) is 0.333. The van der Waals surface area contributed by atoms with E-state index < -0.39 is 11.8 Å². The summed E-state index contributed by atoms with van der Waals surface area (Å²) in [5, 5.41) is 9.62. The molecule has 0 aliphatic carbocycles. The van der Waals surface area contributed by atoms with Crippen molar-refractivity contribution in [1.82, 2.24) is 20.0 Å². The van der Waals surface area contributed by atoms with Crippen molar-refractivity contribution in [2.45, 2.75) is 0 Å². The van der Waals surface area contributed by atoms with E-state index in [1.165, 1.54) is 10.7 Å². The molecule has 1 aliphatic heterocycles. The smallest absolute Gasteiger partial charge is 0.272 e. The third-order valence-corrected chi connectivity index (χ3v) is 4.57. The van der Waals surface area contributed by atoms with Gasteiger partial charge in [0.2, 0.25) is 5.91 Å². The quantitative estimate of drug-likeness (QED) is 0.769. The molecule has 1 aromatic carbocycles. The van der Waals surface area contributed by atoms with Gasteiger partial charge in [0.25, 0.3) is 11.8 Å². The lowest BCUT2D eigenvalue weighted by molar-refractivity contribution is -0.134. The van der Waals surface area contributed by atoms with Crippen molar-refractivity contribution in [2.75, 3.05) is 38.2 Å². The van der Waals surface area contributed by atoms with Gasteiger partial charge in [-0.1, -0.05) is 23.7 Å². The van der Waals surface area contributed by atoms with Gasteiger partial charge in [0.15, 0.2) is 5.69 Å². The molecule has 0 bridgehead atoms. The first kappa shape index (κ1) is 19.8. The van der Waals surface area contributed by atoms with Crippen LogP contribution in [0.3, 0.4) is 0 Å². The monoisotopic (exact) mass is 405 g/mol. The highest BCUT2D eigenvalue weighted by Crippen LogP contribution is 2.17. The van der Waals surface area contributed by atoms with E-state index in [1.807, 2.05) is 0 Å². The summed E-state index contributed by atoms with van der Waals surface area (Å²) in [7, 11) is 1.60. The summed E-state index contributed by atoms with van der Waals surface area (Å²) in [6.45, 7) is 1.88. The zero-order chi connectivity index (χ0) is 20.1. The number of carbonyl (C=O) groups is 3. The van der Waals surface area contributed by atoms with Gasteiger partial charge in [-0.25, -0.2) is 0 Å². The maximum Gasteiger partial charge on any atom is 0.272 e. The van der Waals surface area contributed by atoms with E-state index in [2.05, 4.69) is 15.7 Å². The molecule has 2 aromatic rings.